The maximum absolute atomic E-state index is 13.8. The summed E-state index contributed by atoms with van der Waals surface area (Å²) >= 11 is 0. The summed E-state index contributed by atoms with van der Waals surface area (Å²) in [6.07, 6.45) is -2.57. The second-order valence-electron chi connectivity index (χ2n) is 13.4. The number of nitrogens with one attached hydrogen (secondary N) is 1. The molecule has 0 aliphatic carbocycles. The number of H-pyrrole nitrogens is 1. The van der Waals surface area contributed by atoms with Gasteiger partial charge in [0, 0.05) is 24.9 Å². The van der Waals surface area contributed by atoms with Crippen LogP contribution in [0.15, 0.2) is 51.0 Å². The van der Waals surface area contributed by atoms with Gasteiger partial charge in [0.2, 0.25) is 0 Å². The molecule has 15 nitrogen and oxygen atoms in total. The number of para-hydroxylation sites is 1. The summed E-state index contributed by atoms with van der Waals surface area (Å²) in [6, 6.07) is 6.27. The molecule has 2 aromatic rings. The van der Waals surface area contributed by atoms with Crippen LogP contribution in [0.25, 0.3) is 0 Å². The molecular weight excluding hydrogens is 681 g/mol. The molecule has 2 saturated heterocycles. The summed E-state index contributed by atoms with van der Waals surface area (Å²) in [6.45, 7) is 17.6. The molecule has 1 N–H and O–H groups in total. The van der Waals surface area contributed by atoms with Gasteiger partial charge in [0.1, 0.15) is 25.0 Å². The third kappa shape index (κ3) is 7.04. The Morgan fingerprint density at radius 3 is 2.17 bits per heavy atom. The van der Waals surface area contributed by atoms with Gasteiger partial charge in [-0.05, 0) is 28.2 Å². The zero-order valence-electron chi connectivity index (χ0n) is 28.9. The third-order valence-corrected chi connectivity index (χ3v) is 21.4. The lowest BCUT2D eigenvalue weighted by atomic mass is 10.1. The molecule has 2 aliphatic heterocycles. The fourth-order valence-corrected chi connectivity index (χ4v) is 19.3. The van der Waals surface area contributed by atoms with Gasteiger partial charge in [0.25, 0.3) is 21.3 Å². The smallest absolute Gasteiger partial charge is 0.335 e. The fraction of sp³-hybridized carbons (Fsp3) is 0.667. The van der Waals surface area contributed by atoms with Crippen molar-refractivity contribution < 1.29 is 35.8 Å². The van der Waals surface area contributed by atoms with Crippen molar-refractivity contribution >= 4 is 32.8 Å². The number of hydrogen-bond donors (Lipinski definition) is 1. The molecule has 1 aromatic carbocycles. The maximum atomic E-state index is 13.8. The molecule has 3 heterocycles. The Kier molecular flexibility index (Phi) is 11.7. The first kappa shape index (κ1) is 38.2. The Hall–Kier alpha value is -2.56. The Labute approximate surface area is 283 Å². The average molecular weight is 729 g/mol. The monoisotopic (exact) mass is 728 g/mol. The molecule has 0 saturated carbocycles. The first-order valence-electron chi connectivity index (χ1n) is 16.3. The Morgan fingerprint density at radius 1 is 1.02 bits per heavy atom. The maximum Gasteiger partial charge on any atom is 0.335 e. The Bertz CT molecular complexity index is 1660. The van der Waals surface area contributed by atoms with E-state index in [1.807, 2.05) is 0 Å². The molecule has 2 aliphatic rings. The number of aromatic amines is 1. The largest absolute Gasteiger partial charge is 0.414 e. The minimum Gasteiger partial charge on any atom is -0.414 e. The van der Waals surface area contributed by atoms with E-state index in [4.69, 9.17) is 22.4 Å². The van der Waals surface area contributed by atoms with Crippen molar-refractivity contribution in [3.8, 4) is 0 Å². The van der Waals surface area contributed by atoms with Gasteiger partial charge >= 0.3 is 22.8 Å². The van der Waals surface area contributed by atoms with E-state index in [0.29, 0.717) is 0 Å². The van der Waals surface area contributed by atoms with Gasteiger partial charge in [-0.25, -0.2) is 13.2 Å². The van der Waals surface area contributed by atoms with Crippen LogP contribution in [0.3, 0.4) is 0 Å². The number of rotatable bonds is 12. The predicted molar refractivity (Wildman–Crippen MR) is 181 cm³/mol. The van der Waals surface area contributed by atoms with Gasteiger partial charge in [-0.15, -0.1) is 0 Å². The van der Waals surface area contributed by atoms with Gasteiger partial charge in [-0.1, -0.05) is 74.4 Å². The normalized spacial score (nSPS) is 24.3. The van der Waals surface area contributed by atoms with E-state index in [1.165, 1.54) is 35.0 Å². The zero-order chi connectivity index (χ0) is 35.8. The van der Waals surface area contributed by atoms with Crippen LogP contribution < -0.4 is 11.2 Å². The van der Waals surface area contributed by atoms with Gasteiger partial charge in [0.05, 0.1) is 11.5 Å². The van der Waals surface area contributed by atoms with Crippen LogP contribution in [0, 0.1) is 10.1 Å². The molecule has 48 heavy (non-hydrogen) atoms. The molecule has 4 atom stereocenters. The second-order valence-corrected chi connectivity index (χ2v) is 24.1. The first-order chi connectivity index (χ1) is 22.4. The second kappa shape index (κ2) is 14.7. The van der Waals surface area contributed by atoms with Crippen LogP contribution in [-0.4, -0.2) is 82.5 Å². The summed E-state index contributed by atoms with van der Waals surface area (Å²) in [5.74, 6) is 0. The van der Waals surface area contributed by atoms with Gasteiger partial charge in [0.15, 0.2) is 11.1 Å². The van der Waals surface area contributed by atoms with Crippen LogP contribution in [0.2, 0.25) is 22.2 Å². The standard InChI is InChI=1S/C30H48N4O11SSi2/c1-10-32(46(39,40)25-14-12-11-13-23(25)34(37)38)18-41-28-27-24(43-29(28)33-16-15-26(35)31-30(33)36)17-42-47(19(2)3,20(4)5)45-48(44-27,21(6)7)22(8)9/h11-16,19-22,24,27-29H,10,17-18H2,1-9H3,(H,31,35,36)/t24-,27?,28+,29-/m1/s1. The number of fused-ring (bicyclic) bond motifs is 1. The summed E-state index contributed by atoms with van der Waals surface area (Å²) in [5.41, 5.74) is -1.89. The highest BCUT2D eigenvalue weighted by Crippen LogP contribution is 2.48. The summed E-state index contributed by atoms with van der Waals surface area (Å²) in [5, 5.41) is 11.7. The van der Waals surface area contributed by atoms with E-state index in [0.717, 1.165) is 10.4 Å². The summed E-state index contributed by atoms with van der Waals surface area (Å²) in [4.78, 5) is 37.8. The minimum absolute atomic E-state index is 0.0501. The van der Waals surface area contributed by atoms with E-state index < -0.39 is 85.2 Å². The summed E-state index contributed by atoms with van der Waals surface area (Å²) < 4.78 is 63.8. The van der Waals surface area contributed by atoms with E-state index in [-0.39, 0.29) is 35.3 Å². The number of hydrogen-bond acceptors (Lipinski definition) is 11. The van der Waals surface area contributed by atoms with Crippen LogP contribution in [-0.2, 0) is 32.5 Å². The first-order valence-corrected chi connectivity index (χ1v) is 21.6. The molecule has 0 radical (unpaired) electrons. The van der Waals surface area contributed by atoms with Crippen LogP contribution in [0.1, 0.15) is 68.5 Å². The van der Waals surface area contributed by atoms with Crippen molar-refractivity contribution in [2.45, 2.75) is 114 Å². The van der Waals surface area contributed by atoms with Gasteiger partial charge < -0.3 is 22.4 Å². The predicted octanol–water partition coefficient (Wildman–Crippen LogP) is 4.35. The SMILES string of the molecule is CCN(CO[C@H]1C2O[Si](C(C)C)(C(C)C)O[Si](C(C)C)(C(C)C)OC[C@H]2O[C@H]1n1ccc(=O)[nH]c1=O)S(=O)(=O)c1ccccc1[N+](=O)[O-]. The Morgan fingerprint density at radius 2 is 1.62 bits per heavy atom. The molecule has 0 amide bonds. The molecular formula is C30H48N4O11SSi2. The number of nitro groups is 1. The Balaban J connectivity index is 1.82. The van der Waals surface area contributed by atoms with Crippen LogP contribution in [0.4, 0.5) is 5.69 Å². The molecule has 1 unspecified atom stereocenters. The van der Waals surface area contributed by atoms with Crippen molar-refractivity contribution in [1.29, 1.82) is 0 Å². The third-order valence-electron chi connectivity index (χ3n) is 9.19. The minimum atomic E-state index is -4.41. The molecule has 2 fully saturated rings. The lowest BCUT2D eigenvalue weighted by molar-refractivity contribution is -0.387. The number of nitro benzene ring substituents is 1. The van der Waals surface area contributed by atoms with Crippen molar-refractivity contribution in [3.63, 3.8) is 0 Å². The molecule has 18 heteroatoms. The highest BCUT2D eigenvalue weighted by atomic mass is 32.2. The molecule has 0 bridgehead atoms. The fourth-order valence-electron chi connectivity index (χ4n) is 6.62. The molecule has 268 valence electrons. The lowest BCUT2D eigenvalue weighted by Crippen LogP contribution is -2.66. The van der Waals surface area contributed by atoms with E-state index >= 15 is 0 Å². The molecule has 1 aromatic heterocycles. The molecule has 0 spiro atoms. The van der Waals surface area contributed by atoms with Crippen molar-refractivity contribution in [1.82, 2.24) is 13.9 Å². The zero-order valence-corrected chi connectivity index (χ0v) is 31.8. The molecule has 4 rings (SSSR count). The van der Waals surface area contributed by atoms with E-state index in [9.17, 15) is 28.1 Å². The lowest BCUT2D eigenvalue weighted by Gasteiger charge is -2.51. The summed E-state index contributed by atoms with van der Waals surface area (Å²) in [7, 11) is -10.6. The van der Waals surface area contributed by atoms with Crippen molar-refractivity contribution in [3.05, 3.63) is 67.5 Å². The quantitative estimate of drug-likeness (QED) is 0.142. The van der Waals surface area contributed by atoms with Gasteiger partial charge in [-0.3, -0.25) is 24.5 Å². The topological polar surface area (TPSA) is 182 Å². The number of sulfonamides is 1. The number of aromatic nitrogens is 2. The number of ether oxygens (including phenoxy) is 2. The van der Waals surface area contributed by atoms with Gasteiger partial charge in [-0.2, -0.15) is 4.31 Å². The van der Waals surface area contributed by atoms with E-state index in [2.05, 4.69) is 60.4 Å². The van der Waals surface area contributed by atoms with Crippen LogP contribution in [0.5, 0.6) is 0 Å². The van der Waals surface area contributed by atoms with Crippen LogP contribution >= 0.6 is 0 Å². The number of benzene rings is 1. The highest BCUT2D eigenvalue weighted by molar-refractivity contribution is 7.89. The van der Waals surface area contributed by atoms with E-state index in [1.54, 1.807) is 6.92 Å². The number of nitrogens with zero attached hydrogens (tertiary/aromatic N) is 3. The highest BCUT2D eigenvalue weighted by Gasteiger charge is 2.62. The van der Waals surface area contributed by atoms with Crippen molar-refractivity contribution in [2.75, 3.05) is 19.9 Å². The average Bonchev–Trinajstić information content (AvgIpc) is 3.32. The van der Waals surface area contributed by atoms with Crippen molar-refractivity contribution in [2.24, 2.45) is 0 Å².